The van der Waals surface area contributed by atoms with Gasteiger partial charge in [-0.15, -0.1) is 0 Å². The summed E-state index contributed by atoms with van der Waals surface area (Å²) in [6.45, 7) is 4.00. The molecule has 3 N–H and O–H groups in total. The van der Waals surface area contributed by atoms with Crippen molar-refractivity contribution in [2.24, 2.45) is 17.0 Å². The summed E-state index contributed by atoms with van der Waals surface area (Å²) >= 11 is 0. The lowest BCUT2D eigenvalue weighted by atomic mass is 10.0. The quantitative estimate of drug-likeness (QED) is 0.228. The number of benzene rings is 2. The Morgan fingerprint density at radius 2 is 1.66 bits per heavy atom. The lowest BCUT2D eigenvalue weighted by Gasteiger charge is -2.29. The number of carbonyl (C=O) groups is 4. The standard InChI is InChI=1S/C39H47N5O8S/c1-24(2)23-51-38(48)40-32-17-7-5-3-4-6-12-25-21-39(25,37(47)43-53(49,50)27-18-19-27)41-35(45)33-20-26(22-44(33)36(32)46)52-42-34-30-15-10-8-13-28(30)29-14-9-11-16-31(29)34/h6,8-16,24-27,32-33H,3-5,7,17-23H2,1-2H3,(H,40,48)(H,41,45)(H,43,47)/b12-6-/t25-,26-,32+,33+,39+/m1/s1. The molecular weight excluding hydrogens is 699 g/mol. The molecular formula is C39H47N5O8S. The van der Waals surface area contributed by atoms with Gasteiger partial charge in [-0.3, -0.25) is 19.1 Å². The molecule has 5 aliphatic rings. The highest BCUT2D eigenvalue weighted by molar-refractivity contribution is 7.91. The SMILES string of the molecule is CC(C)COC(=O)N[C@H]1CCCCC/C=C\[C@@H]2C[C@]2(C(=O)NS(=O)(=O)C2CC2)NC(=O)[C@@H]2C[C@@H](ON=C3c4ccccc4-c4ccccc43)CN2C1=O. The summed E-state index contributed by atoms with van der Waals surface area (Å²) in [6, 6.07) is 13.7. The number of hydrogen-bond donors (Lipinski definition) is 3. The van der Waals surface area contributed by atoms with E-state index in [2.05, 4.69) is 20.5 Å². The number of amides is 4. The van der Waals surface area contributed by atoms with Crippen LogP contribution in [0.4, 0.5) is 4.79 Å². The Morgan fingerprint density at radius 3 is 2.32 bits per heavy atom. The van der Waals surface area contributed by atoms with Crippen LogP contribution in [0, 0.1) is 11.8 Å². The molecule has 3 aliphatic carbocycles. The molecule has 14 heteroatoms. The summed E-state index contributed by atoms with van der Waals surface area (Å²) in [7, 11) is -3.88. The van der Waals surface area contributed by atoms with Crippen LogP contribution in [0.1, 0.15) is 82.8 Å². The third kappa shape index (κ3) is 7.83. The van der Waals surface area contributed by atoms with E-state index in [1.807, 2.05) is 74.5 Å². The molecule has 0 bridgehead atoms. The van der Waals surface area contributed by atoms with Crippen LogP contribution in [0.25, 0.3) is 11.1 Å². The molecule has 0 radical (unpaired) electrons. The van der Waals surface area contributed by atoms with Gasteiger partial charge in [0, 0.05) is 23.5 Å². The van der Waals surface area contributed by atoms with E-state index in [1.54, 1.807) is 0 Å². The Labute approximate surface area is 310 Å². The molecule has 2 aliphatic heterocycles. The highest BCUT2D eigenvalue weighted by atomic mass is 32.2. The number of alkyl carbamates (subject to hydrolysis) is 1. The predicted octanol–water partition coefficient (Wildman–Crippen LogP) is 4.16. The Kier molecular flexibility index (Phi) is 10.3. The zero-order valence-electron chi connectivity index (χ0n) is 30.1. The molecule has 4 amide bonds. The maximum absolute atomic E-state index is 14.4. The molecule has 3 fully saturated rings. The number of ether oxygens (including phenoxy) is 1. The van der Waals surface area contributed by atoms with Gasteiger partial charge in [0.2, 0.25) is 21.8 Å². The lowest BCUT2D eigenvalue weighted by Crippen LogP contribution is -2.58. The lowest BCUT2D eigenvalue weighted by molar-refractivity contribution is -0.141. The van der Waals surface area contributed by atoms with Crippen molar-refractivity contribution in [1.82, 2.24) is 20.3 Å². The number of fused-ring (bicyclic) bond motifs is 5. The van der Waals surface area contributed by atoms with E-state index in [1.165, 1.54) is 4.90 Å². The van der Waals surface area contributed by atoms with E-state index in [9.17, 15) is 27.6 Å². The van der Waals surface area contributed by atoms with Crippen molar-refractivity contribution in [2.45, 2.75) is 101 Å². The Balaban J connectivity index is 1.17. The van der Waals surface area contributed by atoms with Crippen LogP contribution in [-0.2, 0) is 34.0 Å². The average molecular weight is 746 g/mol. The second kappa shape index (κ2) is 15.0. The monoisotopic (exact) mass is 745 g/mol. The first kappa shape index (κ1) is 36.6. The largest absolute Gasteiger partial charge is 0.449 e. The minimum Gasteiger partial charge on any atom is -0.449 e. The first-order valence-electron chi connectivity index (χ1n) is 18.7. The van der Waals surface area contributed by atoms with Gasteiger partial charge in [0.25, 0.3) is 5.91 Å². The van der Waals surface area contributed by atoms with Gasteiger partial charge in [0.15, 0.2) is 0 Å². The van der Waals surface area contributed by atoms with Crippen LogP contribution in [-0.4, -0.2) is 85.0 Å². The molecule has 2 aromatic rings. The van der Waals surface area contributed by atoms with Crippen molar-refractivity contribution < 1.29 is 37.2 Å². The normalized spacial score (nSPS) is 27.5. The van der Waals surface area contributed by atoms with Crippen LogP contribution in [0.2, 0.25) is 0 Å². The molecule has 0 unspecified atom stereocenters. The summed E-state index contributed by atoms with van der Waals surface area (Å²) in [4.78, 5) is 62.8. The summed E-state index contributed by atoms with van der Waals surface area (Å²) in [6.07, 6.45) is 6.90. The van der Waals surface area contributed by atoms with E-state index >= 15 is 0 Å². The maximum Gasteiger partial charge on any atom is 0.407 e. The van der Waals surface area contributed by atoms with Crippen LogP contribution in [0.3, 0.4) is 0 Å². The van der Waals surface area contributed by atoms with E-state index in [0.29, 0.717) is 37.8 Å². The minimum atomic E-state index is -3.88. The summed E-state index contributed by atoms with van der Waals surface area (Å²) in [5.41, 5.74) is 3.02. The van der Waals surface area contributed by atoms with Gasteiger partial charge in [-0.25, -0.2) is 13.2 Å². The van der Waals surface area contributed by atoms with Crippen LogP contribution < -0.4 is 15.4 Å². The summed E-state index contributed by atoms with van der Waals surface area (Å²) < 4.78 is 33.2. The first-order chi connectivity index (χ1) is 25.5. The van der Waals surface area contributed by atoms with E-state index in [4.69, 9.17) is 9.57 Å². The van der Waals surface area contributed by atoms with Crippen molar-refractivity contribution in [1.29, 1.82) is 0 Å². The molecule has 2 saturated carbocycles. The number of nitrogens with zero attached hydrogens (tertiary/aromatic N) is 2. The number of rotatable bonds is 8. The molecule has 53 heavy (non-hydrogen) atoms. The maximum atomic E-state index is 14.4. The number of sulfonamides is 1. The van der Waals surface area contributed by atoms with Gasteiger partial charge in [-0.2, -0.15) is 0 Å². The number of oxime groups is 1. The zero-order valence-corrected chi connectivity index (χ0v) is 30.9. The highest BCUT2D eigenvalue weighted by Crippen LogP contribution is 2.46. The van der Waals surface area contributed by atoms with Crippen molar-refractivity contribution >= 4 is 39.5 Å². The van der Waals surface area contributed by atoms with Gasteiger partial charge in [-0.1, -0.05) is 92.5 Å². The Bertz CT molecular complexity index is 1890. The van der Waals surface area contributed by atoms with E-state index in [0.717, 1.165) is 35.1 Å². The molecule has 282 valence electrons. The van der Waals surface area contributed by atoms with Crippen molar-refractivity contribution in [2.75, 3.05) is 13.2 Å². The average Bonchev–Trinajstić information content (AvgIpc) is 4.04. The topological polar surface area (TPSA) is 173 Å². The fourth-order valence-corrected chi connectivity index (χ4v) is 8.85. The van der Waals surface area contributed by atoms with Crippen LogP contribution >= 0.6 is 0 Å². The van der Waals surface area contributed by atoms with Crippen LogP contribution in [0.5, 0.6) is 0 Å². The van der Waals surface area contributed by atoms with Gasteiger partial charge in [0.1, 0.15) is 29.4 Å². The molecule has 0 aromatic heterocycles. The number of hydrogen-bond acceptors (Lipinski definition) is 9. The highest BCUT2D eigenvalue weighted by Gasteiger charge is 2.62. The summed E-state index contributed by atoms with van der Waals surface area (Å²) in [5.74, 6) is -2.19. The third-order valence-electron chi connectivity index (χ3n) is 10.6. The molecule has 2 aromatic carbocycles. The third-order valence-corrected chi connectivity index (χ3v) is 12.4. The van der Waals surface area contributed by atoms with Crippen molar-refractivity contribution in [3.63, 3.8) is 0 Å². The van der Waals surface area contributed by atoms with Crippen molar-refractivity contribution in [3.05, 3.63) is 71.8 Å². The molecule has 13 nitrogen and oxygen atoms in total. The molecule has 1 saturated heterocycles. The number of allylic oxidation sites excluding steroid dienone is 1. The van der Waals surface area contributed by atoms with E-state index < -0.39 is 68.7 Å². The first-order valence-corrected chi connectivity index (χ1v) is 20.2. The molecule has 7 rings (SSSR count). The van der Waals surface area contributed by atoms with Gasteiger partial charge in [0.05, 0.1) is 18.4 Å². The van der Waals surface area contributed by atoms with E-state index in [-0.39, 0.29) is 31.9 Å². The minimum absolute atomic E-state index is 0.00516. The number of nitrogens with one attached hydrogen (secondary N) is 3. The second-order valence-corrected chi connectivity index (χ2v) is 17.2. The second-order valence-electron chi connectivity index (χ2n) is 15.2. The molecule has 2 heterocycles. The number of carbonyl (C=O) groups excluding carboxylic acids is 4. The van der Waals surface area contributed by atoms with Gasteiger partial charge < -0.3 is 25.1 Å². The van der Waals surface area contributed by atoms with Crippen LogP contribution in [0.15, 0.2) is 65.8 Å². The zero-order chi connectivity index (χ0) is 37.3. The molecule has 5 atom stereocenters. The predicted molar refractivity (Wildman–Crippen MR) is 197 cm³/mol. The Hall–Kier alpha value is -4.72. The van der Waals surface area contributed by atoms with Crippen molar-refractivity contribution in [3.8, 4) is 11.1 Å². The van der Waals surface area contributed by atoms with Gasteiger partial charge >= 0.3 is 6.09 Å². The fourth-order valence-electron chi connectivity index (χ4n) is 7.48. The summed E-state index contributed by atoms with van der Waals surface area (Å²) in [5, 5.41) is 9.60. The smallest absolute Gasteiger partial charge is 0.407 e. The van der Waals surface area contributed by atoms with Gasteiger partial charge in [-0.05, 0) is 55.6 Å². The Morgan fingerprint density at radius 1 is 0.981 bits per heavy atom. The molecule has 0 spiro atoms. The fraction of sp³-hybridized carbons (Fsp3) is 0.513.